The van der Waals surface area contributed by atoms with E-state index in [0.717, 1.165) is 11.1 Å². The van der Waals surface area contributed by atoms with Crippen molar-refractivity contribution < 1.29 is 19.0 Å². The zero-order valence-corrected chi connectivity index (χ0v) is 14.8. The number of benzene rings is 2. The normalized spacial score (nSPS) is 10.6. The Morgan fingerprint density at radius 3 is 2.52 bits per heavy atom. The molecule has 0 spiro atoms. The minimum Gasteiger partial charge on any atom is -0.497 e. The molecule has 1 amide bonds. The van der Waals surface area contributed by atoms with E-state index < -0.39 is 0 Å². The highest BCUT2D eigenvalue weighted by Gasteiger charge is 2.05. The maximum atomic E-state index is 11.9. The molecule has 0 aromatic heterocycles. The summed E-state index contributed by atoms with van der Waals surface area (Å²) in [6.45, 7) is 3.83. The van der Waals surface area contributed by atoms with Gasteiger partial charge in [0, 0.05) is 5.56 Å². The summed E-state index contributed by atoms with van der Waals surface area (Å²) in [5, 5.41) is 3.93. The van der Waals surface area contributed by atoms with Crippen molar-refractivity contribution in [1.82, 2.24) is 5.43 Å². The molecule has 0 aliphatic carbocycles. The summed E-state index contributed by atoms with van der Waals surface area (Å²) in [4.78, 5) is 11.9. The molecule has 25 heavy (non-hydrogen) atoms. The average molecular weight is 342 g/mol. The van der Waals surface area contributed by atoms with Crippen molar-refractivity contribution in [3.05, 3.63) is 53.1 Å². The van der Waals surface area contributed by atoms with Gasteiger partial charge in [-0.05, 0) is 43.7 Å². The lowest BCUT2D eigenvalue weighted by Gasteiger charge is -2.09. The fourth-order valence-electron chi connectivity index (χ4n) is 2.25. The second-order valence-corrected chi connectivity index (χ2v) is 5.46. The van der Waals surface area contributed by atoms with Gasteiger partial charge in [0.15, 0.2) is 6.61 Å². The third kappa shape index (κ3) is 5.24. The standard InChI is InChI=1S/C19H22N2O4/c1-13-5-7-17(14(2)9-13)25-12-19(22)21-20-11-15-10-16(23-3)6-8-18(15)24-4/h5-11H,12H2,1-4H3,(H,21,22)/b20-11-. The van der Waals surface area contributed by atoms with Gasteiger partial charge in [-0.15, -0.1) is 0 Å². The van der Waals surface area contributed by atoms with Crippen molar-refractivity contribution in [2.45, 2.75) is 13.8 Å². The highest BCUT2D eigenvalue weighted by atomic mass is 16.5. The van der Waals surface area contributed by atoms with Crippen LogP contribution in [0.3, 0.4) is 0 Å². The van der Waals surface area contributed by atoms with E-state index in [1.807, 2.05) is 32.0 Å². The molecule has 0 radical (unpaired) electrons. The van der Waals surface area contributed by atoms with Gasteiger partial charge in [0.2, 0.25) is 0 Å². The van der Waals surface area contributed by atoms with E-state index in [2.05, 4.69) is 10.5 Å². The van der Waals surface area contributed by atoms with Crippen LogP contribution in [0, 0.1) is 13.8 Å². The van der Waals surface area contributed by atoms with Crippen molar-refractivity contribution in [1.29, 1.82) is 0 Å². The number of nitrogens with one attached hydrogen (secondary N) is 1. The molecule has 0 unspecified atom stereocenters. The zero-order chi connectivity index (χ0) is 18.2. The minimum atomic E-state index is -0.349. The second kappa shape index (κ2) is 8.73. The summed E-state index contributed by atoms with van der Waals surface area (Å²) in [7, 11) is 3.14. The average Bonchev–Trinajstić information content (AvgIpc) is 2.60. The SMILES string of the molecule is COc1ccc(OC)c(/C=N\NC(=O)COc2ccc(C)cc2C)c1. The highest BCUT2D eigenvalue weighted by molar-refractivity contribution is 5.86. The van der Waals surface area contributed by atoms with E-state index in [0.29, 0.717) is 22.8 Å². The number of carbonyl (C=O) groups excluding carboxylic acids is 1. The Kier molecular flexibility index (Phi) is 6.39. The van der Waals surface area contributed by atoms with Crippen LogP contribution in [0.25, 0.3) is 0 Å². The van der Waals surface area contributed by atoms with Gasteiger partial charge >= 0.3 is 0 Å². The van der Waals surface area contributed by atoms with E-state index >= 15 is 0 Å². The maximum absolute atomic E-state index is 11.9. The molecule has 0 saturated heterocycles. The van der Waals surface area contributed by atoms with Gasteiger partial charge in [-0.2, -0.15) is 5.10 Å². The van der Waals surface area contributed by atoms with E-state index in [1.165, 1.54) is 6.21 Å². The Balaban J connectivity index is 1.92. The lowest BCUT2D eigenvalue weighted by atomic mass is 10.1. The molecule has 2 aromatic rings. The Bertz CT molecular complexity index is 772. The Morgan fingerprint density at radius 1 is 1.08 bits per heavy atom. The first-order valence-corrected chi connectivity index (χ1v) is 7.77. The van der Waals surface area contributed by atoms with Crippen LogP contribution in [-0.2, 0) is 4.79 Å². The van der Waals surface area contributed by atoms with E-state index in [4.69, 9.17) is 14.2 Å². The Hall–Kier alpha value is -3.02. The van der Waals surface area contributed by atoms with Crippen molar-refractivity contribution >= 4 is 12.1 Å². The number of hydrogen-bond acceptors (Lipinski definition) is 5. The minimum absolute atomic E-state index is 0.115. The van der Waals surface area contributed by atoms with Gasteiger partial charge in [0.25, 0.3) is 5.91 Å². The summed E-state index contributed by atoms with van der Waals surface area (Å²) in [5.74, 6) is 1.63. The van der Waals surface area contributed by atoms with E-state index in [9.17, 15) is 4.79 Å². The summed E-state index contributed by atoms with van der Waals surface area (Å²) >= 11 is 0. The van der Waals surface area contributed by atoms with Crippen molar-refractivity contribution in [3.63, 3.8) is 0 Å². The Labute approximate surface area is 147 Å². The van der Waals surface area contributed by atoms with E-state index in [-0.39, 0.29) is 12.5 Å². The smallest absolute Gasteiger partial charge is 0.277 e. The summed E-state index contributed by atoms with van der Waals surface area (Å²) in [6.07, 6.45) is 1.50. The topological polar surface area (TPSA) is 69.2 Å². The molecule has 0 fully saturated rings. The molecule has 0 heterocycles. The van der Waals surface area contributed by atoms with Crippen LogP contribution in [0.15, 0.2) is 41.5 Å². The number of amides is 1. The largest absolute Gasteiger partial charge is 0.497 e. The van der Waals surface area contributed by atoms with Crippen LogP contribution in [0.5, 0.6) is 17.2 Å². The summed E-state index contributed by atoms with van der Waals surface area (Å²) in [6, 6.07) is 11.1. The first-order valence-electron chi connectivity index (χ1n) is 7.77. The number of nitrogens with zero attached hydrogens (tertiary/aromatic N) is 1. The number of aryl methyl sites for hydroxylation is 2. The monoisotopic (exact) mass is 342 g/mol. The fraction of sp³-hybridized carbons (Fsp3) is 0.263. The molecule has 1 N–H and O–H groups in total. The number of rotatable bonds is 7. The van der Waals surface area contributed by atoms with Crippen molar-refractivity contribution in [2.75, 3.05) is 20.8 Å². The molecule has 132 valence electrons. The van der Waals surface area contributed by atoms with Gasteiger partial charge in [0.05, 0.1) is 20.4 Å². The molecule has 2 rings (SSSR count). The van der Waals surface area contributed by atoms with Crippen LogP contribution in [0.4, 0.5) is 0 Å². The molecular formula is C19H22N2O4. The molecule has 0 bridgehead atoms. The fourth-order valence-corrected chi connectivity index (χ4v) is 2.25. The first-order chi connectivity index (χ1) is 12.0. The van der Waals surface area contributed by atoms with Crippen LogP contribution in [0.2, 0.25) is 0 Å². The third-order valence-corrected chi connectivity index (χ3v) is 3.52. The molecule has 6 nitrogen and oxygen atoms in total. The quantitative estimate of drug-likeness (QED) is 0.620. The molecule has 0 aliphatic heterocycles. The first kappa shape index (κ1) is 18.3. The van der Waals surface area contributed by atoms with Crippen LogP contribution < -0.4 is 19.6 Å². The lowest BCUT2D eigenvalue weighted by molar-refractivity contribution is -0.123. The third-order valence-electron chi connectivity index (χ3n) is 3.52. The number of hydrogen-bond donors (Lipinski definition) is 1. The number of methoxy groups -OCH3 is 2. The molecule has 0 atom stereocenters. The zero-order valence-electron chi connectivity index (χ0n) is 14.8. The van der Waals surface area contributed by atoms with Gasteiger partial charge in [-0.1, -0.05) is 17.7 Å². The van der Waals surface area contributed by atoms with Gasteiger partial charge in [-0.25, -0.2) is 5.43 Å². The predicted molar refractivity (Wildman–Crippen MR) is 96.7 cm³/mol. The summed E-state index contributed by atoms with van der Waals surface area (Å²) < 4.78 is 15.9. The van der Waals surface area contributed by atoms with Gasteiger partial charge in [0.1, 0.15) is 17.2 Å². The van der Waals surface area contributed by atoms with Crippen molar-refractivity contribution in [3.8, 4) is 17.2 Å². The molecule has 0 saturated carbocycles. The predicted octanol–water partition coefficient (Wildman–Crippen LogP) is 2.85. The van der Waals surface area contributed by atoms with E-state index in [1.54, 1.807) is 32.4 Å². The number of hydrazone groups is 1. The number of ether oxygens (including phenoxy) is 3. The van der Waals surface area contributed by atoms with Crippen molar-refractivity contribution in [2.24, 2.45) is 5.10 Å². The lowest BCUT2D eigenvalue weighted by Crippen LogP contribution is -2.24. The van der Waals surface area contributed by atoms with Crippen LogP contribution >= 0.6 is 0 Å². The highest BCUT2D eigenvalue weighted by Crippen LogP contribution is 2.22. The molecule has 0 aliphatic rings. The molecular weight excluding hydrogens is 320 g/mol. The number of carbonyl (C=O) groups is 1. The maximum Gasteiger partial charge on any atom is 0.277 e. The van der Waals surface area contributed by atoms with Gasteiger partial charge < -0.3 is 14.2 Å². The molecule has 2 aromatic carbocycles. The second-order valence-electron chi connectivity index (χ2n) is 5.46. The van der Waals surface area contributed by atoms with Crippen LogP contribution in [-0.4, -0.2) is 32.9 Å². The Morgan fingerprint density at radius 2 is 1.84 bits per heavy atom. The summed E-state index contributed by atoms with van der Waals surface area (Å²) in [5.41, 5.74) is 5.25. The molecule has 6 heteroatoms. The van der Waals surface area contributed by atoms with Gasteiger partial charge in [-0.3, -0.25) is 4.79 Å². The van der Waals surface area contributed by atoms with Crippen LogP contribution in [0.1, 0.15) is 16.7 Å².